The van der Waals surface area contributed by atoms with Crippen LogP contribution in [0.4, 0.5) is 5.69 Å². The molecule has 0 saturated heterocycles. The van der Waals surface area contributed by atoms with Crippen molar-refractivity contribution in [2.45, 2.75) is 20.8 Å². The molecular formula is C21H28N2O5S. The highest BCUT2D eigenvalue weighted by molar-refractivity contribution is 7.92. The molecule has 2 rings (SSSR count). The van der Waals surface area contributed by atoms with E-state index in [2.05, 4.69) is 5.32 Å². The van der Waals surface area contributed by atoms with Gasteiger partial charge in [-0.15, -0.1) is 0 Å². The molecule has 0 aliphatic rings. The van der Waals surface area contributed by atoms with Crippen LogP contribution in [0.5, 0.6) is 11.5 Å². The Morgan fingerprint density at radius 2 is 1.86 bits per heavy atom. The monoisotopic (exact) mass is 420 g/mol. The van der Waals surface area contributed by atoms with Crippen LogP contribution in [0.1, 0.15) is 18.1 Å². The molecule has 0 atom stereocenters. The van der Waals surface area contributed by atoms with Gasteiger partial charge >= 0.3 is 0 Å². The molecule has 29 heavy (non-hydrogen) atoms. The van der Waals surface area contributed by atoms with E-state index in [4.69, 9.17) is 9.47 Å². The van der Waals surface area contributed by atoms with Crippen molar-refractivity contribution in [3.8, 4) is 11.5 Å². The first-order valence-electron chi connectivity index (χ1n) is 9.38. The Labute approximate surface area is 172 Å². The number of rotatable bonds is 10. The number of anilines is 1. The Morgan fingerprint density at radius 3 is 2.55 bits per heavy atom. The van der Waals surface area contributed by atoms with Crippen LogP contribution >= 0.6 is 0 Å². The highest BCUT2D eigenvalue weighted by atomic mass is 32.2. The van der Waals surface area contributed by atoms with E-state index in [1.54, 1.807) is 24.3 Å². The summed E-state index contributed by atoms with van der Waals surface area (Å²) < 4.78 is 36.6. The summed E-state index contributed by atoms with van der Waals surface area (Å²) in [6.45, 7) is 6.47. The molecule has 0 saturated carbocycles. The predicted molar refractivity (Wildman–Crippen MR) is 114 cm³/mol. The van der Waals surface area contributed by atoms with E-state index in [1.165, 1.54) is 0 Å². The van der Waals surface area contributed by atoms with Crippen molar-refractivity contribution in [3.05, 3.63) is 53.6 Å². The predicted octanol–water partition coefficient (Wildman–Crippen LogP) is 2.66. The third-order valence-electron chi connectivity index (χ3n) is 4.13. The lowest BCUT2D eigenvalue weighted by Gasteiger charge is -2.22. The van der Waals surface area contributed by atoms with E-state index in [9.17, 15) is 13.2 Å². The van der Waals surface area contributed by atoms with Gasteiger partial charge in [-0.25, -0.2) is 8.42 Å². The number of ether oxygens (including phenoxy) is 2. The average Bonchev–Trinajstić information content (AvgIpc) is 2.65. The minimum absolute atomic E-state index is 0.267. The zero-order valence-electron chi connectivity index (χ0n) is 17.3. The van der Waals surface area contributed by atoms with Gasteiger partial charge in [-0.3, -0.25) is 9.10 Å². The van der Waals surface area contributed by atoms with Gasteiger partial charge in [0.15, 0.2) is 0 Å². The molecule has 2 aromatic carbocycles. The van der Waals surface area contributed by atoms with E-state index in [0.717, 1.165) is 27.4 Å². The Morgan fingerprint density at radius 1 is 1.10 bits per heavy atom. The van der Waals surface area contributed by atoms with E-state index in [0.29, 0.717) is 18.0 Å². The second kappa shape index (κ2) is 10.2. The Kier molecular flexibility index (Phi) is 7.90. The molecule has 0 radical (unpaired) electrons. The van der Waals surface area contributed by atoms with Crippen molar-refractivity contribution in [2.75, 3.05) is 36.9 Å². The van der Waals surface area contributed by atoms with Crippen LogP contribution in [0.3, 0.4) is 0 Å². The van der Waals surface area contributed by atoms with Crippen LogP contribution in [0, 0.1) is 13.8 Å². The van der Waals surface area contributed by atoms with E-state index >= 15 is 0 Å². The second-order valence-corrected chi connectivity index (χ2v) is 8.57. The van der Waals surface area contributed by atoms with E-state index in [-0.39, 0.29) is 19.7 Å². The standard InChI is InChI=1S/C21H28N2O5S/c1-5-27-19-8-6-7-18(14-19)23(29(4,25)26)15-21(24)22-11-12-28-20-13-16(2)9-10-17(20)3/h6-10,13-14H,5,11-12,15H2,1-4H3,(H,22,24). The fourth-order valence-corrected chi connectivity index (χ4v) is 3.54. The number of hydrogen-bond acceptors (Lipinski definition) is 5. The smallest absolute Gasteiger partial charge is 0.240 e. The number of amides is 1. The fraction of sp³-hybridized carbons (Fsp3) is 0.381. The first kappa shape index (κ1) is 22.5. The SMILES string of the molecule is CCOc1cccc(N(CC(=O)NCCOc2cc(C)ccc2C)S(C)(=O)=O)c1. The number of sulfonamides is 1. The molecule has 1 amide bonds. The molecule has 0 heterocycles. The van der Waals surface area contributed by atoms with E-state index in [1.807, 2.05) is 39.0 Å². The molecule has 0 aliphatic carbocycles. The Balaban J connectivity index is 1.95. The molecule has 0 bridgehead atoms. The van der Waals surface area contributed by atoms with Crippen molar-refractivity contribution in [2.24, 2.45) is 0 Å². The van der Waals surface area contributed by atoms with Crippen molar-refractivity contribution >= 4 is 21.6 Å². The summed E-state index contributed by atoms with van der Waals surface area (Å²) >= 11 is 0. The number of nitrogens with zero attached hydrogens (tertiary/aromatic N) is 1. The number of benzene rings is 2. The maximum atomic E-state index is 12.3. The number of aryl methyl sites for hydroxylation is 2. The zero-order valence-corrected chi connectivity index (χ0v) is 18.1. The van der Waals surface area contributed by atoms with Crippen molar-refractivity contribution in [1.82, 2.24) is 5.32 Å². The highest BCUT2D eigenvalue weighted by Crippen LogP contribution is 2.23. The molecule has 0 fully saturated rings. The molecule has 158 valence electrons. The van der Waals surface area contributed by atoms with Crippen LogP contribution in [-0.2, 0) is 14.8 Å². The third kappa shape index (κ3) is 6.98. The van der Waals surface area contributed by atoms with Crippen LogP contribution in [0.25, 0.3) is 0 Å². The zero-order chi connectivity index (χ0) is 21.4. The Hall–Kier alpha value is -2.74. The van der Waals surface area contributed by atoms with Gasteiger partial charge in [-0.1, -0.05) is 18.2 Å². The minimum Gasteiger partial charge on any atom is -0.494 e. The lowest BCUT2D eigenvalue weighted by Crippen LogP contribution is -2.41. The molecular weight excluding hydrogens is 392 g/mol. The number of carbonyl (C=O) groups excluding carboxylic acids is 1. The van der Waals surface area contributed by atoms with Gasteiger partial charge in [-0.2, -0.15) is 0 Å². The molecule has 0 aliphatic heterocycles. The summed E-state index contributed by atoms with van der Waals surface area (Å²) in [4.78, 5) is 12.3. The minimum atomic E-state index is -3.64. The van der Waals surface area contributed by atoms with Gasteiger partial charge in [0.1, 0.15) is 24.7 Å². The first-order chi connectivity index (χ1) is 13.7. The maximum absolute atomic E-state index is 12.3. The second-order valence-electron chi connectivity index (χ2n) is 6.67. The largest absolute Gasteiger partial charge is 0.494 e. The fourth-order valence-electron chi connectivity index (χ4n) is 2.70. The molecule has 2 aromatic rings. The summed E-state index contributed by atoms with van der Waals surface area (Å²) in [5, 5.41) is 2.70. The molecule has 7 nitrogen and oxygen atoms in total. The Bertz CT molecular complexity index is 944. The van der Waals surface area contributed by atoms with Crippen molar-refractivity contribution in [3.63, 3.8) is 0 Å². The van der Waals surface area contributed by atoms with Gasteiger partial charge in [0, 0.05) is 6.07 Å². The first-order valence-corrected chi connectivity index (χ1v) is 11.2. The van der Waals surface area contributed by atoms with Crippen LogP contribution in [-0.4, -0.2) is 46.9 Å². The number of nitrogens with one attached hydrogen (secondary N) is 1. The van der Waals surface area contributed by atoms with E-state index < -0.39 is 15.9 Å². The molecule has 1 N–H and O–H groups in total. The topological polar surface area (TPSA) is 84.9 Å². The van der Waals surface area contributed by atoms with Gasteiger partial charge in [0.25, 0.3) is 0 Å². The third-order valence-corrected chi connectivity index (χ3v) is 5.27. The van der Waals surface area contributed by atoms with Gasteiger partial charge < -0.3 is 14.8 Å². The van der Waals surface area contributed by atoms with Crippen LogP contribution in [0.2, 0.25) is 0 Å². The van der Waals surface area contributed by atoms with Crippen molar-refractivity contribution < 1.29 is 22.7 Å². The highest BCUT2D eigenvalue weighted by Gasteiger charge is 2.21. The lowest BCUT2D eigenvalue weighted by molar-refractivity contribution is -0.119. The average molecular weight is 421 g/mol. The number of carbonyl (C=O) groups is 1. The summed E-state index contributed by atoms with van der Waals surface area (Å²) in [5.41, 5.74) is 2.48. The van der Waals surface area contributed by atoms with Crippen LogP contribution in [0.15, 0.2) is 42.5 Å². The van der Waals surface area contributed by atoms with Gasteiger partial charge in [-0.05, 0) is 50.1 Å². The van der Waals surface area contributed by atoms with Gasteiger partial charge in [0.05, 0.1) is 25.1 Å². The molecule has 0 aromatic heterocycles. The number of hydrogen-bond donors (Lipinski definition) is 1. The summed E-state index contributed by atoms with van der Waals surface area (Å²) in [7, 11) is -3.64. The molecule has 0 spiro atoms. The maximum Gasteiger partial charge on any atom is 0.240 e. The normalized spacial score (nSPS) is 11.0. The van der Waals surface area contributed by atoms with Crippen molar-refractivity contribution in [1.29, 1.82) is 0 Å². The summed E-state index contributed by atoms with van der Waals surface area (Å²) in [6, 6.07) is 12.6. The van der Waals surface area contributed by atoms with Crippen LogP contribution < -0.4 is 19.1 Å². The lowest BCUT2D eigenvalue weighted by atomic mass is 10.1. The summed E-state index contributed by atoms with van der Waals surface area (Å²) in [6.07, 6.45) is 1.07. The molecule has 0 unspecified atom stereocenters. The molecule has 8 heteroatoms. The quantitative estimate of drug-likeness (QED) is 0.598. The van der Waals surface area contributed by atoms with Gasteiger partial charge in [0.2, 0.25) is 15.9 Å². The summed E-state index contributed by atoms with van der Waals surface area (Å²) in [5.74, 6) is 0.896.